The van der Waals surface area contributed by atoms with Gasteiger partial charge < -0.3 is 47.1 Å². The van der Waals surface area contributed by atoms with E-state index < -0.39 is 42.8 Å². The van der Waals surface area contributed by atoms with Crippen LogP contribution in [-0.2, 0) is 14.4 Å². The third-order valence-corrected chi connectivity index (χ3v) is 2.10. The molecule has 0 fully saturated rings. The predicted octanol–water partition coefficient (Wildman–Crippen LogP) is -5.27. The average Bonchev–Trinajstić information content (AvgIpc) is 2.49. The summed E-state index contributed by atoms with van der Waals surface area (Å²) >= 11 is 0. The summed E-state index contributed by atoms with van der Waals surface area (Å²) < 4.78 is 0. The van der Waals surface area contributed by atoms with Gasteiger partial charge in [-0.1, -0.05) is 0 Å². The Hall–Kier alpha value is -1.63. The Kier molecular flexibility index (Phi) is 12.5. The largest absolute Gasteiger partial charge is 0.480 e. The molecule has 0 radical (unpaired) electrons. The summed E-state index contributed by atoms with van der Waals surface area (Å²) in [6, 6.07) is -1.26. The van der Waals surface area contributed by atoms with Crippen LogP contribution in [0, 0.1) is 0 Å². The molecule has 0 aliphatic rings. The summed E-state index contributed by atoms with van der Waals surface area (Å²) in [6.07, 6.45) is -4.43. The molecule has 0 spiro atoms. The molecule has 0 saturated heterocycles. The van der Waals surface area contributed by atoms with Crippen molar-refractivity contribution in [2.75, 3.05) is 19.7 Å². The first-order chi connectivity index (χ1) is 9.70. The maximum absolute atomic E-state index is 10.2. The van der Waals surface area contributed by atoms with Crippen LogP contribution >= 0.6 is 0 Å². The SMILES string of the molecule is NCC(=O)NCC(=O)O.N[C@@H](C=O)[C@@H](O)[C@@H](O)[C@H](O)CO. The van der Waals surface area contributed by atoms with Gasteiger partial charge >= 0.3 is 5.97 Å². The normalized spacial score (nSPS) is 15.7. The number of aliphatic hydroxyl groups excluding tert-OH is 4. The van der Waals surface area contributed by atoms with Gasteiger partial charge in [-0.2, -0.15) is 0 Å². The second kappa shape index (κ2) is 12.1. The topological polar surface area (TPSA) is 216 Å². The molecular formula is C10H21N3O8. The van der Waals surface area contributed by atoms with Crippen molar-refractivity contribution in [3.05, 3.63) is 0 Å². The highest BCUT2D eigenvalue weighted by Gasteiger charge is 2.28. The molecule has 0 aromatic rings. The van der Waals surface area contributed by atoms with Crippen molar-refractivity contribution in [2.45, 2.75) is 24.4 Å². The fourth-order valence-corrected chi connectivity index (χ4v) is 0.890. The lowest BCUT2D eigenvalue weighted by Gasteiger charge is -2.23. The Morgan fingerprint density at radius 2 is 1.71 bits per heavy atom. The Balaban J connectivity index is 0. The number of carbonyl (C=O) groups is 3. The molecule has 11 nitrogen and oxygen atoms in total. The minimum Gasteiger partial charge on any atom is -0.480 e. The molecule has 10 N–H and O–H groups in total. The first-order valence-electron chi connectivity index (χ1n) is 5.75. The van der Waals surface area contributed by atoms with Crippen LogP contribution in [0.25, 0.3) is 0 Å². The fourth-order valence-electron chi connectivity index (χ4n) is 0.890. The summed E-state index contributed by atoms with van der Waals surface area (Å²) in [7, 11) is 0. The molecular weight excluding hydrogens is 290 g/mol. The minimum absolute atomic E-state index is 0.173. The van der Waals surface area contributed by atoms with E-state index in [1.165, 1.54) is 0 Å². The lowest BCUT2D eigenvalue weighted by Crippen LogP contribution is -2.49. The Morgan fingerprint density at radius 3 is 2.05 bits per heavy atom. The van der Waals surface area contributed by atoms with Gasteiger partial charge in [0.1, 0.15) is 31.1 Å². The molecule has 4 atom stereocenters. The second-order valence-electron chi connectivity index (χ2n) is 3.82. The van der Waals surface area contributed by atoms with Crippen molar-refractivity contribution in [2.24, 2.45) is 11.5 Å². The molecule has 0 rings (SSSR count). The maximum Gasteiger partial charge on any atom is 0.322 e. The zero-order valence-electron chi connectivity index (χ0n) is 11.1. The van der Waals surface area contributed by atoms with E-state index in [9.17, 15) is 14.4 Å². The highest BCUT2D eigenvalue weighted by molar-refractivity contribution is 5.82. The number of aliphatic carboxylic acids is 1. The van der Waals surface area contributed by atoms with Crippen LogP contribution in [0.15, 0.2) is 0 Å². The van der Waals surface area contributed by atoms with E-state index in [1.54, 1.807) is 0 Å². The molecule has 21 heavy (non-hydrogen) atoms. The molecule has 0 heterocycles. The van der Waals surface area contributed by atoms with Gasteiger partial charge in [-0.05, 0) is 0 Å². The number of nitrogens with one attached hydrogen (secondary N) is 1. The van der Waals surface area contributed by atoms with Crippen molar-refractivity contribution >= 4 is 18.2 Å². The van der Waals surface area contributed by atoms with Gasteiger partial charge in [0.15, 0.2) is 0 Å². The van der Waals surface area contributed by atoms with Gasteiger partial charge in [-0.3, -0.25) is 9.59 Å². The quantitative estimate of drug-likeness (QED) is 0.199. The van der Waals surface area contributed by atoms with E-state index in [1.807, 2.05) is 0 Å². The standard InChI is InChI=1S/C6H13NO5.C4H8N2O3/c7-3(1-8)5(11)6(12)4(10)2-9;5-1-3(7)6-2-4(8)9/h1,3-6,9-12H,2,7H2;1-2,5H2,(H,6,7)(H,8,9)/t3-,4+,5+,6-;/m0./s1. The molecule has 0 aromatic carbocycles. The van der Waals surface area contributed by atoms with E-state index in [4.69, 9.17) is 37.0 Å². The molecule has 0 saturated carbocycles. The smallest absolute Gasteiger partial charge is 0.322 e. The zero-order chi connectivity index (χ0) is 17.0. The highest BCUT2D eigenvalue weighted by Crippen LogP contribution is 2.01. The third kappa shape index (κ3) is 10.8. The summed E-state index contributed by atoms with van der Waals surface area (Å²) in [4.78, 5) is 30.0. The van der Waals surface area contributed by atoms with Gasteiger partial charge in [0, 0.05) is 0 Å². The Morgan fingerprint density at radius 1 is 1.19 bits per heavy atom. The molecule has 0 aliphatic carbocycles. The summed E-state index contributed by atoms with van der Waals surface area (Å²) in [6.45, 7) is -1.24. The number of carboxylic acids is 1. The molecule has 0 unspecified atom stereocenters. The highest BCUT2D eigenvalue weighted by atomic mass is 16.4. The van der Waals surface area contributed by atoms with Gasteiger partial charge in [0.05, 0.1) is 19.2 Å². The number of hydrogen-bond acceptors (Lipinski definition) is 9. The van der Waals surface area contributed by atoms with Crippen LogP contribution in [0.1, 0.15) is 0 Å². The van der Waals surface area contributed by atoms with Gasteiger partial charge in [0.25, 0.3) is 0 Å². The summed E-state index contributed by atoms with van der Waals surface area (Å²) in [5.74, 6) is -1.53. The molecule has 11 heteroatoms. The third-order valence-electron chi connectivity index (χ3n) is 2.10. The molecule has 0 bridgehead atoms. The van der Waals surface area contributed by atoms with Crippen molar-refractivity contribution in [1.82, 2.24) is 5.32 Å². The predicted molar refractivity (Wildman–Crippen MR) is 68.8 cm³/mol. The van der Waals surface area contributed by atoms with Crippen molar-refractivity contribution in [1.29, 1.82) is 0 Å². The Bertz CT molecular complexity index is 327. The van der Waals surface area contributed by atoms with E-state index in [-0.39, 0.29) is 19.4 Å². The lowest BCUT2D eigenvalue weighted by atomic mass is 10.0. The minimum atomic E-state index is -1.62. The van der Waals surface area contributed by atoms with E-state index in [2.05, 4.69) is 5.32 Å². The van der Waals surface area contributed by atoms with Crippen LogP contribution in [0.2, 0.25) is 0 Å². The van der Waals surface area contributed by atoms with E-state index >= 15 is 0 Å². The fraction of sp³-hybridized carbons (Fsp3) is 0.700. The lowest BCUT2D eigenvalue weighted by molar-refractivity contribution is -0.137. The van der Waals surface area contributed by atoms with Crippen LogP contribution in [-0.4, -0.2) is 87.7 Å². The number of carbonyl (C=O) groups excluding carboxylic acids is 2. The second-order valence-corrected chi connectivity index (χ2v) is 3.82. The molecule has 1 amide bonds. The van der Waals surface area contributed by atoms with Crippen molar-refractivity contribution in [3.8, 4) is 0 Å². The molecule has 0 aromatic heterocycles. The first kappa shape index (κ1) is 21.7. The van der Waals surface area contributed by atoms with Crippen LogP contribution < -0.4 is 16.8 Å². The van der Waals surface area contributed by atoms with Crippen LogP contribution in [0.4, 0.5) is 0 Å². The average molecular weight is 311 g/mol. The summed E-state index contributed by atoms with van der Waals surface area (Å²) in [5, 5.41) is 45.2. The first-order valence-corrected chi connectivity index (χ1v) is 5.75. The van der Waals surface area contributed by atoms with Crippen LogP contribution in [0.3, 0.4) is 0 Å². The number of hydrogen-bond donors (Lipinski definition) is 8. The van der Waals surface area contributed by atoms with Gasteiger partial charge in [-0.25, -0.2) is 0 Å². The number of rotatable bonds is 8. The number of carboxylic acid groups (broad SMARTS) is 1. The number of nitrogens with two attached hydrogens (primary N) is 2. The zero-order valence-corrected chi connectivity index (χ0v) is 11.1. The monoisotopic (exact) mass is 311 g/mol. The van der Waals surface area contributed by atoms with Crippen LogP contribution in [0.5, 0.6) is 0 Å². The number of aliphatic hydroxyl groups is 4. The summed E-state index contributed by atoms with van der Waals surface area (Å²) in [5.41, 5.74) is 9.89. The molecule has 124 valence electrons. The number of aldehydes is 1. The van der Waals surface area contributed by atoms with E-state index in [0.29, 0.717) is 0 Å². The van der Waals surface area contributed by atoms with Crippen molar-refractivity contribution in [3.63, 3.8) is 0 Å². The van der Waals surface area contributed by atoms with Gasteiger partial charge in [0.2, 0.25) is 5.91 Å². The molecule has 0 aliphatic heterocycles. The maximum atomic E-state index is 10.2. The number of amides is 1. The Labute approximate surface area is 120 Å². The van der Waals surface area contributed by atoms with Gasteiger partial charge in [-0.15, -0.1) is 0 Å². The van der Waals surface area contributed by atoms with E-state index in [0.717, 1.165) is 0 Å². The van der Waals surface area contributed by atoms with Crippen molar-refractivity contribution < 1.29 is 39.9 Å².